The lowest BCUT2D eigenvalue weighted by atomic mass is 10.3. The summed E-state index contributed by atoms with van der Waals surface area (Å²) in [6.45, 7) is 5.29. The number of methoxy groups -OCH3 is 2. The second-order valence-corrected chi connectivity index (χ2v) is 4.53. The molecule has 3 nitrogen and oxygen atoms in total. The maximum atomic E-state index is 5.15. The molecule has 14 heavy (non-hydrogen) atoms. The van der Waals surface area contributed by atoms with Crippen LogP contribution in [0.1, 0.15) is 20.3 Å². The van der Waals surface area contributed by atoms with E-state index in [2.05, 4.69) is 19.2 Å². The molecule has 0 aromatic rings. The molecule has 0 saturated carbocycles. The van der Waals surface area contributed by atoms with Gasteiger partial charge in [0.15, 0.2) is 6.29 Å². The molecular weight excluding hydrogens is 198 g/mol. The zero-order chi connectivity index (χ0) is 10.8. The van der Waals surface area contributed by atoms with Gasteiger partial charge in [0.2, 0.25) is 0 Å². The summed E-state index contributed by atoms with van der Waals surface area (Å²) in [5, 5.41) is 3.38. The van der Waals surface area contributed by atoms with E-state index in [1.807, 2.05) is 11.8 Å². The first-order valence-corrected chi connectivity index (χ1v) is 6.28. The number of ether oxygens (including phenoxy) is 2. The third-order valence-corrected chi connectivity index (χ3v) is 2.99. The molecule has 0 radical (unpaired) electrons. The van der Waals surface area contributed by atoms with Crippen LogP contribution in [0.4, 0.5) is 0 Å². The minimum Gasteiger partial charge on any atom is -0.354 e. The van der Waals surface area contributed by atoms with Crippen molar-refractivity contribution in [1.29, 1.82) is 0 Å². The highest BCUT2D eigenvalue weighted by Crippen LogP contribution is 2.01. The maximum absolute atomic E-state index is 5.15. The summed E-state index contributed by atoms with van der Waals surface area (Å²) in [6.07, 6.45) is 1.05. The van der Waals surface area contributed by atoms with E-state index in [0.717, 1.165) is 6.54 Å². The van der Waals surface area contributed by atoms with Crippen molar-refractivity contribution in [2.24, 2.45) is 0 Å². The Labute approximate surface area is 91.9 Å². The van der Waals surface area contributed by atoms with E-state index < -0.39 is 0 Å². The molecule has 1 unspecified atom stereocenters. The maximum Gasteiger partial charge on any atom is 0.171 e. The molecule has 4 heteroatoms. The molecule has 0 rings (SSSR count). The SMILES string of the molecule is CCSCCCNC(C)C(OC)OC. The van der Waals surface area contributed by atoms with E-state index in [0.29, 0.717) is 0 Å². The van der Waals surface area contributed by atoms with E-state index >= 15 is 0 Å². The van der Waals surface area contributed by atoms with E-state index in [9.17, 15) is 0 Å². The van der Waals surface area contributed by atoms with Gasteiger partial charge in [-0.15, -0.1) is 0 Å². The first-order valence-electron chi connectivity index (χ1n) is 5.13. The van der Waals surface area contributed by atoms with Crippen molar-refractivity contribution in [3.8, 4) is 0 Å². The first-order chi connectivity index (χ1) is 6.76. The molecule has 0 aliphatic heterocycles. The summed E-state index contributed by atoms with van der Waals surface area (Å²) in [5.74, 6) is 2.43. The van der Waals surface area contributed by atoms with Gasteiger partial charge < -0.3 is 14.8 Å². The Bertz CT molecular complexity index is 121. The predicted octanol–water partition coefficient (Wildman–Crippen LogP) is 1.73. The zero-order valence-corrected chi connectivity index (χ0v) is 10.5. The van der Waals surface area contributed by atoms with E-state index in [-0.39, 0.29) is 12.3 Å². The molecule has 0 spiro atoms. The van der Waals surface area contributed by atoms with Crippen LogP contribution in [-0.2, 0) is 9.47 Å². The molecular formula is C10H23NO2S. The third-order valence-electron chi connectivity index (χ3n) is 2.01. The minimum absolute atomic E-state index is 0.145. The highest BCUT2D eigenvalue weighted by atomic mass is 32.2. The standard InChI is InChI=1S/C10H23NO2S/c1-5-14-8-6-7-11-9(2)10(12-3)13-4/h9-11H,5-8H2,1-4H3. The van der Waals surface area contributed by atoms with Crippen LogP contribution in [0, 0.1) is 0 Å². The Kier molecular flexibility index (Phi) is 9.93. The summed E-state index contributed by atoms with van der Waals surface area (Å²) >= 11 is 1.98. The monoisotopic (exact) mass is 221 g/mol. The van der Waals surface area contributed by atoms with Gasteiger partial charge in [-0.3, -0.25) is 0 Å². The van der Waals surface area contributed by atoms with Crippen molar-refractivity contribution in [1.82, 2.24) is 5.32 Å². The average Bonchev–Trinajstić information content (AvgIpc) is 2.19. The lowest BCUT2D eigenvalue weighted by Crippen LogP contribution is -2.40. The number of hydrogen-bond donors (Lipinski definition) is 1. The van der Waals surface area contributed by atoms with Crippen LogP contribution in [0.3, 0.4) is 0 Å². The van der Waals surface area contributed by atoms with Gasteiger partial charge in [-0.05, 0) is 31.4 Å². The van der Waals surface area contributed by atoms with Crippen LogP contribution in [-0.4, -0.2) is 44.6 Å². The summed E-state index contributed by atoms with van der Waals surface area (Å²) in [5.41, 5.74) is 0. The fourth-order valence-corrected chi connectivity index (χ4v) is 1.89. The summed E-state index contributed by atoms with van der Waals surface area (Å²) in [7, 11) is 3.33. The zero-order valence-electron chi connectivity index (χ0n) is 9.71. The van der Waals surface area contributed by atoms with Crippen LogP contribution in [0.15, 0.2) is 0 Å². The normalized spacial score (nSPS) is 13.5. The second kappa shape index (κ2) is 9.77. The molecule has 0 amide bonds. The van der Waals surface area contributed by atoms with Crippen LogP contribution >= 0.6 is 11.8 Å². The van der Waals surface area contributed by atoms with Crippen LogP contribution in [0.2, 0.25) is 0 Å². The Morgan fingerprint density at radius 1 is 1.29 bits per heavy atom. The van der Waals surface area contributed by atoms with Gasteiger partial charge in [0, 0.05) is 14.2 Å². The lowest BCUT2D eigenvalue weighted by molar-refractivity contribution is -0.119. The Hall–Kier alpha value is 0.230. The molecule has 0 aromatic carbocycles. The van der Waals surface area contributed by atoms with Gasteiger partial charge in [0.25, 0.3) is 0 Å². The third kappa shape index (κ3) is 6.65. The molecule has 1 N–H and O–H groups in total. The average molecular weight is 221 g/mol. The quantitative estimate of drug-likeness (QED) is 0.474. The molecule has 0 aliphatic rings. The van der Waals surface area contributed by atoms with E-state index in [1.165, 1.54) is 17.9 Å². The van der Waals surface area contributed by atoms with Gasteiger partial charge >= 0.3 is 0 Å². The van der Waals surface area contributed by atoms with E-state index in [4.69, 9.17) is 9.47 Å². The molecule has 0 fully saturated rings. The minimum atomic E-state index is -0.145. The fraction of sp³-hybridized carbons (Fsp3) is 1.00. The molecule has 86 valence electrons. The molecule has 0 bridgehead atoms. The molecule has 0 aromatic heterocycles. The number of hydrogen-bond acceptors (Lipinski definition) is 4. The predicted molar refractivity (Wildman–Crippen MR) is 62.9 cm³/mol. The van der Waals surface area contributed by atoms with Crippen molar-refractivity contribution >= 4 is 11.8 Å². The molecule has 1 atom stereocenters. The van der Waals surface area contributed by atoms with Crippen LogP contribution in [0.5, 0.6) is 0 Å². The highest BCUT2D eigenvalue weighted by Gasteiger charge is 2.13. The Balaban J connectivity index is 3.37. The lowest BCUT2D eigenvalue weighted by Gasteiger charge is -2.22. The molecule has 0 aliphatic carbocycles. The first kappa shape index (κ1) is 14.2. The van der Waals surface area contributed by atoms with Crippen molar-refractivity contribution in [2.75, 3.05) is 32.3 Å². The van der Waals surface area contributed by atoms with Crippen molar-refractivity contribution in [3.05, 3.63) is 0 Å². The smallest absolute Gasteiger partial charge is 0.171 e. The van der Waals surface area contributed by atoms with Gasteiger partial charge in [0.1, 0.15) is 0 Å². The molecule has 0 saturated heterocycles. The van der Waals surface area contributed by atoms with Crippen LogP contribution in [0.25, 0.3) is 0 Å². The summed E-state index contributed by atoms with van der Waals surface area (Å²) in [4.78, 5) is 0. The van der Waals surface area contributed by atoms with Crippen molar-refractivity contribution in [3.63, 3.8) is 0 Å². The largest absolute Gasteiger partial charge is 0.354 e. The topological polar surface area (TPSA) is 30.5 Å². The Morgan fingerprint density at radius 2 is 1.93 bits per heavy atom. The van der Waals surface area contributed by atoms with Gasteiger partial charge in [-0.2, -0.15) is 11.8 Å². The van der Waals surface area contributed by atoms with Gasteiger partial charge in [-0.1, -0.05) is 6.92 Å². The summed E-state index contributed by atoms with van der Waals surface area (Å²) in [6, 6.07) is 0.247. The van der Waals surface area contributed by atoms with Gasteiger partial charge in [-0.25, -0.2) is 0 Å². The van der Waals surface area contributed by atoms with Crippen molar-refractivity contribution < 1.29 is 9.47 Å². The number of thioether (sulfide) groups is 1. The molecule has 0 heterocycles. The van der Waals surface area contributed by atoms with Gasteiger partial charge in [0.05, 0.1) is 6.04 Å². The highest BCUT2D eigenvalue weighted by molar-refractivity contribution is 7.99. The summed E-state index contributed by atoms with van der Waals surface area (Å²) < 4.78 is 10.3. The number of nitrogens with one attached hydrogen (secondary N) is 1. The van der Waals surface area contributed by atoms with E-state index in [1.54, 1.807) is 14.2 Å². The van der Waals surface area contributed by atoms with Crippen LogP contribution < -0.4 is 5.32 Å². The number of rotatable bonds is 9. The Morgan fingerprint density at radius 3 is 2.43 bits per heavy atom. The van der Waals surface area contributed by atoms with Crippen molar-refractivity contribution in [2.45, 2.75) is 32.6 Å². The second-order valence-electron chi connectivity index (χ2n) is 3.13. The fourth-order valence-electron chi connectivity index (χ4n) is 1.25.